The average molecular weight is 422 g/mol. The van der Waals surface area contributed by atoms with Crippen molar-refractivity contribution >= 4 is 38.9 Å². The number of nitrogens with zero attached hydrogens (tertiary/aromatic N) is 4. The molecule has 1 saturated heterocycles. The highest BCUT2D eigenvalue weighted by atomic mass is 32.1. The summed E-state index contributed by atoms with van der Waals surface area (Å²) in [5, 5.41) is 14.6. The number of aliphatic hydroxyl groups is 1. The maximum absolute atomic E-state index is 9.64. The first kappa shape index (κ1) is 18.2. The van der Waals surface area contributed by atoms with Crippen LogP contribution in [0.15, 0.2) is 67.0 Å². The minimum Gasteiger partial charge on any atom is -0.395 e. The topological polar surface area (TPSA) is 66.2 Å². The van der Waals surface area contributed by atoms with Crippen LogP contribution in [0.2, 0.25) is 0 Å². The Balaban J connectivity index is 1.62. The number of fused-ring (bicyclic) bond motifs is 1. The van der Waals surface area contributed by atoms with Gasteiger partial charge in [-0.2, -0.15) is 0 Å². The predicted molar refractivity (Wildman–Crippen MR) is 118 cm³/mol. The van der Waals surface area contributed by atoms with Gasteiger partial charge in [-0.15, -0.1) is 0 Å². The van der Waals surface area contributed by atoms with Gasteiger partial charge in [-0.3, -0.25) is 9.55 Å². The molecule has 0 saturated carbocycles. The molecule has 2 atom stereocenters. The fourth-order valence-electron chi connectivity index (χ4n) is 3.85. The number of pyridine rings is 1. The second-order valence-corrected chi connectivity index (χ2v) is 8.21. The molecule has 146 valence electrons. The third kappa shape index (κ3) is 3.19. The molecule has 4 aromatic rings. The van der Waals surface area contributed by atoms with Crippen LogP contribution in [0, 0.1) is 0 Å². The van der Waals surface area contributed by atoms with Crippen molar-refractivity contribution in [3.05, 3.63) is 78.4 Å². The van der Waals surface area contributed by atoms with Gasteiger partial charge in [0, 0.05) is 18.9 Å². The molecule has 29 heavy (non-hydrogen) atoms. The van der Waals surface area contributed by atoms with Crippen molar-refractivity contribution in [1.29, 1.82) is 0 Å². The SMILES string of the molecule is OCCN1C(=S)N[C@@H](c2ccccn2)[C@@H]1c1cccn1-c1nc2ccccc2s1. The van der Waals surface area contributed by atoms with E-state index in [9.17, 15) is 5.11 Å². The predicted octanol–water partition coefficient (Wildman–Crippen LogP) is 3.45. The molecule has 1 fully saturated rings. The third-order valence-corrected chi connectivity index (χ3v) is 6.50. The smallest absolute Gasteiger partial charge is 0.194 e. The summed E-state index contributed by atoms with van der Waals surface area (Å²) in [6.45, 7) is 0.472. The van der Waals surface area contributed by atoms with E-state index < -0.39 is 0 Å². The quantitative estimate of drug-likeness (QED) is 0.481. The second kappa shape index (κ2) is 7.55. The summed E-state index contributed by atoms with van der Waals surface area (Å²) in [5.41, 5.74) is 2.96. The van der Waals surface area contributed by atoms with Crippen molar-refractivity contribution < 1.29 is 5.11 Å². The first-order valence-corrected chi connectivity index (χ1v) is 10.6. The highest BCUT2D eigenvalue weighted by Crippen LogP contribution is 2.40. The zero-order valence-electron chi connectivity index (χ0n) is 15.5. The monoisotopic (exact) mass is 421 g/mol. The Hall–Kier alpha value is -2.81. The summed E-state index contributed by atoms with van der Waals surface area (Å²) in [4.78, 5) is 11.4. The Kier molecular flexibility index (Phi) is 4.75. The van der Waals surface area contributed by atoms with Crippen molar-refractivity contribution in [2.75, 3.05) is 13.2 Å². The molecule has 0 unspecified atom stereocenters. The Morgan fingerprint density at radius 2 is 1.97 bits per heavy atom. The summed E-state index contributed by atoms with van der Waals surface area (Å²) in [6.07, 6.45) is 3.82. The molecule has 0 amide bonds. The summed E-state index contributed by atoms with van der Waals surface area (Å²) < 4.78 is 3.27. The zero-order chi connectivity index (χ0) is 19.8. The van der Waals surface area contributed by atoms with Gasteiger partial charge in [0.1, 0.15) is 0 Å². The molecule has 1 aliphatic rings. The number of rotatable bonds is 5. The number of para-hydroxylation sites is 1. The number of thiazole rings is 1. The van der Waals surface area contributed by atoms with E-state index >= 15 is 0 Å². The van der Waals surface area contributed by atoms with E-state index in [1.807, 2.05) is 53.6 Å². The van der Waals surface area contributed by atoms with E-state index in [2.05, 4.69) is 27.0 Å². The van der Waals surface area contributed by atoms with Crippen LogP contribution in [-0.2, 0) is 0 Å². The minimum atomic E-state index is -0.113. The first-order chi connectivity index (χ1) is 14.3. The van der Waals surface area contributed by atoms with Crippen LogP contribution in [0.1, 0.15) is 23.5 Å². The number of hydrogen-bond donors (Lipinski definition) is 2. The summed E-state index contributed by atoms with van der Waals surface area (Å²) in [7, 11) is 0. The zero-order valence-corrected chi connectivity index (χ0v) is 17.1. The molecule has 6 nitrogen and oxygen atoms in total. The first-order valence-electron chi connectivity index (χ1n) is 9.38. The van der Waals surface area contributed by atoms with E-state index in [0.717, 1.165) is 26.7 Å². The maximum atomic E-state index is 9.64. The number of nitrogens with one attached hydrogen (secondary N) is 1. The van der Waals surface area contributed by atoms with Gasteiger partial charge in [0.05, 0.1) is 40.3 Å². The van der Waals surface area contributed by atoms with Gasteiger partial charge in [-0.25, -0.2) is 4.98 Å². The van der Waals surface area contributed by atoms with Gasteiger partial charge < -0.3 is 15.3 Å². The van der Waals surface area contributed by atoms with Crippen LogP contribution in [-0.4, -0.2) is 42.8 Å². The van der Waals surface area contributed by atoms with Crippen LogP contribution in [0.4, 0.5) is 0 Å². The van der Waals surface area contributed by atoms with Crippen molar-refractivity contribution in [3.8, 4) is 5.13 Å². The molecular weight excluding hydrogens is 402 g/mol. The fourth-order valence-corrected chi connectivity index (χ4v) is 5.15. The Morgan fingerprint density at radius 3 is 2.76 bits per heavy atom. The average Bonchev–Trinajstić information content (AvgIpc) is 3.46. The van der Waals surface area contributed by atoms with Crippen LogP contribution < -0.4 is 5.32 Å². The van der Waals surface area contributed by atoms with Crippen LogP contribution in [0.3, 0.4) is 0 Å². The van der Waals surface area contributed by atoms with Crippen molar-refractivity contribution in [1.82, 2.24) is 24.8 Å². The van der Waals surface area contributed by atoms with E-state index in [4.69, 9.17) is 17.2 Å². The van der Waals surface area contributed by atoms with Gasteiger partial charge >= 0.3 is 0 Å². The van der Waals surface area contributed by atoms with Crippen molar-refractivity contribution in [3.63, 3.8) is 0 Å². The Morgan fingerprint density at radius 1 is 1.10 bits per heavy atom. The molecule has 0 radical (unpaired) electrons. The van der Waals surface area contributed by atoms with Crippen LogP contribution in [0.25, 0.3) is 15.3 Å². The van der Waals surface area contributed by atoms with Crippen LogP contribution in [0.5, 0.6) is 0 Å². The second-order valence-electron chi connectivity index (χ2n) is 6.81. The molecular formula is C21H19N5OS2. The number of β-amino-alcohol motifs (C(OH)–C–C–N with tert-alkyl or cyclic N) is 1. The summed E-state index contributed by atoms with van der Waals surface area (Å²) >= 11 is 7.26. The van der Waals surface area contributed by atoms with Crippen molar-refractivity contribution in [2.45, 2.75) is 12.1 Å². The van der Waals surface area contributed by atoms with Crippen molar-refractivity contribution in [2.24, 2.45) is 0 Å². The molecule has 0 spiro atoms. The van der Waals surface area contributed by atoms with Gasteiger partial charge in [-0.05, 0) is 48.6 Å². The highest BCUT2D eigenvalue weighted by molar-refractivity contribution is 7.80. The lowest BCUT2D eigenvalue weighted by Gasteiger charge is -2.27. The van der Waals surface area contributed by atoms with Gasteiger partial charge in [0.2, 0.25) is 0 Å². The molecule has 8 heteroatoms. The maximum Gasteiger partial charge on any atom is 0.194 e. The normalized spacial score (nSPS) is 19.1. The number of thiocarbonyl (C=S) groups is 1. The van der Waals surface area contributed by atoms with E-state index in [-0.39, 0.29) is 18.7 Å². The molecule has 4 heterocycles. The van der Waals surface area contributed by atoms with Gasteiger partial charge in [0.15, 0.2) is 10.2 Å². The minimum absolute atomic E-state index is 0.0229. The molecule has 0 bridgehead atoms. The summed E-state index contributed by atoms with van der Waals surface area (Å²) in [6, 6.07) is 17.9. The Labute approximate surface area is 177 Å². The molecule has 5 rings (SSSR count). The molecule has 1 aromatic carbocycles. The van der Waals surface area contributed by atoms with E-state index in [1.165, 1.54) is 0 Å². The number of aliphatic hydroxyl groups excluding tert-OH is 1. The third-order valence-electron chi connectivity index (χ3n) is 5.11. The number of benzene rings is 1. The molecule has 1 aliphatic heterocycles. The Bertz CT molecular complexity index is 1120. The highest BCUT2D eigenvalue weighted by Gasteiger charge is 2.41. The van der Waals surface area contributed by atoms with Gasteiger partial charge in [0.25, 0.3) is 0 Å². The van der Waals surface area contributed by atoms with E-state index in [1.54, 1.807) is 17.5 Å². The van der Waals surface area contributed by atoms with E-state index in [0.29, 0.717) is 11.7 Å². The molecule has 2 N–H and O–H groups in total. The number of hydrogen-bond acceptors (Lipinski definition) is 5. The lowest BCUT2D eigenvalue weighted by molar-refractivity contribution is 0.220. The number of aromatic nitrogens is 3. The lowest BCUT2D eigenvalue weighted by Crippen LogP contribution is -2.32. The van der Waals surface area contributed by atoms with Crippen LogP contribution >= 0.6 is 23.6 Å². The fraction of sp³-hybridized carbons (Fsp3) is 0.190. The van der Waals surface area contributed by atoms with Gasteiger partial charge in [-0.1, -0.05) is 29.5 Å². The summed E-state index contributed by atoms with van der Waals surface area (Å²) in [5.74, 6) is 0. The standard InChI is InChI=1S/C21H19N5OS2/c27-13-12-26-19(18(24-20(26)28)15-7-3-4-10-22-15)16-8-5-11-25(16)21-23-14-6-1-2-9-17(14)29-21/h1-11,18-19,27H,12-13H2,(H,24,28)/t18-,19-/m0/s1. The largest absolute Gasteiger partial charge is 0.395 e. The lowest BCUT2D eigenvalue weighted by atomic mass is 10.0. The molecule has 0 aliphatic carbocycles. The molecule has 3 aromatic heterocycles.